The van der Waals surface area contributed by atoms with Crippen molar-refractivity contribution in [3.8, 4) is 0 Å². The van der Waals surface area contributed by atoms with Gasteiger partial charge in [-0.05, 0) is 11.6 Å². The fourth-order valence-corrected chi connectivity index (χ4v) is 1.94. The molecule has 0 aliphatic heterocycles. The number of nitrogens with zero attached hydrogens (tertiary/aromatic N) is 3. The molecule has 1 aromatic heterocycles. The number of nitrogens with one attached hydrogen (secondary N) is 1. The van der Waals surface area contributed by atoms with E-state index in [-0.39, 0.29) is 5.69 Å². The molecule has 0 saturated carbocycles. The number of anilines is 2. The predicted octanol–water partition coefficient (Wildman–Crippen LogP) is 2.67. The van der Waals surface area contributed by atoms with Crippen LogP contribution < -0.4 is 10.2 Å². The average molecular weight is 272 g/mol. The highest BCUT2D eigenvalue weighted by molar-refractivity contribution is 5.61. The number of hydrogen-bond donors (Lipinski definition) is 1. The zero-order valence-electron chi connectivity index (χ0n) is 11.4. The maximum Gasteiger partial charge on any atom is 0.311 e. The lowest BCUT2D eigenvalue weighted by atomic mass is 10.2. The van der Waals surface area contributed by atoms with Crippen molar-refractivity contribution in [3.63, 3.8) is 0 Å². The van der Waals surface area contributed by atoms with Crippen LogP contribution in [0.2, 0.25) is 0 Å². The van der Waals surface area contributed by atoms with E-state index in [9.17, 15) is 10.1 Å². The molecule has 0 aliphatic carbocycles. The highest BCUT2D eigenvalue weighted by Crippen LogP contribution is 2.27. The van der Waals surface area contributed by atoms with Gasteiger partial charge in [0.05, 0.1) is 4.92 Å². The average Bonchev–Trinajstić information content (AvgIpc) is 2.47. The third kappa shape index (κ3) is 3.03. The lowest BCUT2D eigenvalue weighted by Crippen LogP contribution is -2.19. The van der Waals surface area contributed by atoms with Crippen molar-refractivity contribution < 1.29 is 4.92 Å². The molecule has 0 fully saturated rings. The minimum Gasteiger partial charge on any atom is -0.373 e. The number of benzene rings is 1. The summed E-state index contributed by atoms with van der Waals surface area (Å²) in [5.41, 5.74) is 1.07. The topological polar surface area (TPSA) is 71.3 Å². The minimum absolute atomic E-state index is 0.00225. The lowest BCUT2D eigenvalue weighted by molar-refractivity contribution is -0.384. The first-order valence-electron chi connectivity index (χ1n) is 6.20. The Morgan fingerprint density at radius 2 is 1.95 bits per heavy atom. The zero-order chi connectivity index (χ0) is 14.5. The van der Waals surface area contributed by atoms with Crippen molar-refractivity contribution in [3.05, 3.63) is 58.1 Å². The molecular formula is C14H16N4O2. The standard InChI is InChI=1S/C14H16N4O2/c1-15-13-9-8-12(18(19)20)14(16-13)17(2)10-11-6-4-3-5-7-11/h3-9H,10H2,1-2H3,(H,15,16). The second-order valence-electron chi connectivity index (χ2n) is 4.39. The molecule has 2 rings (SSSR count). The SMILES string of the molecule is CNc1ccc([N+](=O)[O-])c(N(C)Cc2ccccc2)n1. The van der Waals surface area contributed by atoms with Crippen LogP contribution >= 0.6 is 0 Å². The molecule has 0 unspecified atom stereocenters. The summed E-state index contributed by atoms with van der Waals surface area (Å²) in [6.07, 6.45) is 0. The molecule has 1 heterocycles. The minimum atomic E-state index is -0.413. The van der Waals surface area contributed by atoms with Gasteiger partial charge in [0.25, 0.3) is 0 Å². The molecule has 2 aromatic rings. The van der Waals surface area contributed by atoms with Gasteiger partial charge in [-0.25, -0.2) is 4.98 Å². The van der Waals surface area contributed by atoms with E-state index in [1.54, 1.807) is 25.1 Å². The molecule has 20 heavy (non-hydrogen) atoms. The Labute approximate surface area is 117 Å². The zero-order valence-corrected chi connectivity index (χ0v) is 11.4. The quantitative estimate of drug-likeness (QED) is 0.669. The fourth-order valence-electron chi connectivity index (χ4n) is 1.94. The van der Waals surface area contributed by atoms with E-state index in [0.29, 0.717) is 18.2 Å². The monoisotopic (exact) mass is 272 g/mol. The van der Waals surface area contributed by atoms with Crippen molar-refractivity contribution in [1.82, 2.24) is 4.98 Å². The van der Waals surface area contributed by atoms with E-state index >= 15 is 0 Å². The summed E-state index contributed by atoms with van der Waals surface area (Å²) in [4.78, 5) is 16.7. The van der Waals surface area contributed by atoms with E-state index in [1.165, 1.54) is 6.07 Å². The largest absolute Gasteiger partial charge is 0.373 e. The highest BCUT2D eigenvalue weighted by Gasteiger charge is 2.19. The maximum atomic E-state index is 11.1. The Bertz CT molecular complexity index is 601. The van der Waals surface area contributed by atoms with Crippen molar-refractivity contribution in [2.45, 2.75) is 6.54 Å². The van der Waals surface area contributed by atoms with Crippen LogP contribution in [0.3, 0.4) is 0 Å². The molecule has 1 N–H and O–H groups in total. The molecule has 104 valence electrons. The third-order valence-electron chi connectivity index (χ3n) is 2.93. The molecule has 0 saturated heterocycles. The normalized spacial score (nSPS) is 10.1. The first-order chi connectivity index (χ1) is 9.61. The smallest absolute Gasteiger partial charge is 0.311 e. The molecule has 1 aromatic carbocycles. The van der Waals surface area contributed by atoms with Gasteiger partial charge in [0.2, 0.25) is 5.82 Å². The van der Waals surface area contributed by atoms with E-state index in [4.69, 9.17) is 0 Å². The Morgan fingerprint density at radius 1 is 1.25 bits per heavy atom. The van der Waals surface area contributed by atoms with Crippen LogP contribution in [0, 0.1) is 10.1 Å². The van der Waals surface area contributed by atoms with Crippen LogP contribution in [0.4, 0.5) is 17.3 Å². The second-order valence-corrected chi connectivity index (χ2v) is 4.39. The van der Waals surface area contributed by atoms with Gasteiger partial charge in [-0.15, -0.1) is 0 Å². The molecule has 0 spiro atoms. The van der Waals surface area contributed by atoms with Gasteiger partial charge in [-0.2, -0.15) is 0 Å². The van der Waals surface area contributed by atoms with Crippen molar-refractivity contribution >= 4 is 17.3 Å². The van der Waals surface area contributed by atoms with Crippen LogP contribution in [0.15, 0.2) is 42.5 Å². The Hall–Kier alpha value is -2.63. The molecule has 6 heteroatoms. The number of aromatic nitrogens is 1. The van der Waals surface area contributed by atoms with E-state index in [2.05, 4.69) is 10.3 Å². The van der Waals surface area contributed by atoms with Crippen LogP contribution in [0.1, 0.15) is 5.56 Å². The lowest BCUT2D eigenvalue weighted by Gasteiger charge is -2.18. The summed E-state index contributed by atoms with van der Waals surface area (Å²) in [7, 11) is 3.52. The number of nitro groups is 1. The summed E-state index contributed by atoms with van der Waals surface area (Å²) in [5, 5.41) is 14.0. The van der Waals surface area contributed by atoms with Gasteiger partial charge in [-0.3, -0.25) is 10.1 Å². The van der Waals surface area contributed by atoms with E-state index < -0.39 is 4.92 Å². The summed E-state index contributed by atoms with van der Waals surface area (Å²) in [5.74, 6) is 0.955. The second kappa shape index (κ2) is 6.01. The summed E-state index contributed by atoms with van der Waals surface area (Å²) in [6, 6.07) is 12.8. The number of rotatable bonds is 5. The van der Waals surface area contributed by atoms with Gasteiger partial charge in [0.15, 0.2) is 0 Å². The molecule has 0 bridgehead atoms. The Kier molecular flexibility index (Phi) is 4.14. The van der Waals surface area contributed by atoms with Gasteiger partial charge < -0.3 is 10.2 Å². The molecule has 0 atom stereocenters. The molecule has 0 radical (unpaired) electrons. The fraction of sp³-hybridized carbons (Fsp3) is 0.214. The van der Waals surface area contributed by atoms with E-state index in [0.717, 1.165) is 5.56 Å². The first kappa shape index (κ1) is 13.8. The number of pyridine rings is 1. The van der Waals surface area contributed by atoms with E-state index in [1.807, 2.05) is 30.3 Å². The highest BCUT2D eigenvalue weighted by atomic mass is 16.6. The molecule has 0 aliphatic rings. The summed E-state index contributed by atoms with van der Waals surface area (Å²) < 4.78 is 0. The molecule has 0 amide bonds. The summed E-state index contributed by atoms with van der Waals surface area (Å²) in [6.45, 7) is 0.557. The third-order valence-corrected chi connectivity index (χ3v) is 2.93. The van der Waals surface area contributed by atoms with Crippen LogP contribution in [-0.2, 0) is 6.54 Å². The number of hydrogen-bond acceptors (Lipinski definition) is 5. The summed E-state index contributed by atoms with van der Waals surface area (Å²) >= 11 is 0. The maximum absolute atomic E-state index is 11.1. The first-order valence-corrected chi connectivity index (χ1v) is 6.20. The van der Waals surface area contributed by atoms with Crippen LogP contribution in [0.5, 0.6) is 0 Å². The van der Waals surface area contributed by atoms with Crippen LogP contribution in [-0.4, -0.2) is 24.0 Å². The van der Waals surface area contributed by atoms with Crippen molar-refractivity contribution in [2.24, 2.45) is 0 Å². The van der Waals surface area contributed by atoms with Gasteiger partial charge in [0, 0.05) is 26.7 Å². The Balaban J connectivity index is 2.32. The molecular weight excluding hydrogens is 256 g/mol. The van der Waals surface area contributed by atoms with Crippen molar-refractivity contribution in [1.29, 1.82) is 0 Å². The van der Waals surface area contributed by atoms with Gasteiger partial charge >= 0.3 is 5.69 Å². The van der Waals surface area contributed by atoms with Crippen LogP contribution in [0.25, 0.3) is 0 Å². The van der Waals surface area contributed by atoms with Crippen molar-refractivity contribution in [2.75, 3.05) is 24.3 Å². The Morgan fingerprint density at radius 3 is 2.55 bits per heavy atom. The van der Waals surface area contributed by atoms with Gasteiger partial charge in [0.1, 0.15) is 5.82 Å². The molecule has 6 nitrogen and oxygen atoms in total. The van der Waals surface area contributed by atoms with Gasteiger partial charge in [-0.1, -0.05) is 30.3 Å². The predicted molar refractivity (Wildman–Crippen MR) is 79.0 cm³/mol.